The van der Waals surface area contributed by atoms with Crippen LogP contribution in [0, 0.1) is 6.92 Å². The molecule has 0 spiro atoms. The van der Waals surface area contributed by atoms with Crippen molar-refractivity contribution >= 4 is 43.2 Å². The first-order valence-electron chi connectivity index (χ1n) is 8.76. The molecule has 122 valence electrons. The van der Waals surface area contributed by atoms with E-state index in [4.69, 9.17) is 0 Å². The molecule has 0 radical (unpaired) electrons. The van der Waals surface area contributed by atoms with Gasteiger partial charge in [0.1, 0.15) is 0 Å². The van der Waals surface area contributed by atoms with Gasteiger partial charge in [0.05, 0.1) is 0 Å². The minimum Gasteiger partial charge on any atom is -0.341 e. The highest BCUT2D eigenvalue weighted by Gasteiger charge is 2.11. The molecule has 0 saturated carbocycles. The van der Waals surface area contributed by atoms with Crippen molar-refractivity contribution in [2.45, 2.75) is 20.4 Å². The average molecular weight is 341 g/mol. The summed E-state index contributed by atoms with van der Waals surface area (Å²) in [5.74, 6) is 0. The van der Waals surface area contributed by atoms with Crippen molar-refractivity contribution in [2.75, 3.05) is 0 Å². The van der Waals surface area contributed by atoms with Crippen LogP contribution >= 0.6 is 11.3 Å². The molecule has 2 heteroatoms. The molecule has 2 aromatic heterocycles. The lowest BCUT2D eigenvalue weighted by atomic mass is 10.1. The van der Waals surface area contributed by atoms with E-state index in [0.29, 0.717) is 0 Å². The Morgan fingerprint density at radius 1 is 0.840 bits per heavy atom. The second-order valence-corrected chi connectivity index (χ2v) is 7.73. The van der Waals surface area contributed by atoms with E-state index in [1.165, 1.54) is 47.9 Å². The molecule has 25 heavy (non-hydrogen) atoms. The summed E-state index contributed by atoms with van der Waals surface area (Å²) in [5.41, 5.74) is 5.28. The van der Waals surface area contributed by atoms with Crippen LogP contribution in [0.15, 0.2) is 66.7 Å². The van der Waals surface area contributed by atoms with Crippen molar-refractivity contribution in [3.8, 4) is 10.4 Å². The molecule has 0 atom stereocenters. The van der Waals surface area contributed by atoms with Gasteiger partial charge in [0.2, 0.25) is 0 Å². The summed E-state index contributed by atoms with van der Waals surface area (Å²) < 4.78 is 3.77. The smallest absolute Gasteiger partial charge is 0.0491 e. The topological polar surface area (TPSA) is 4.93 Å². The Hall–Kier alpha value is -2.58. The highest BCUT2D eigenvalue weighted by atomic mass is 32.1. The van der Waals surface area contributed by atoms with Gasteiger partial charge in [-0.15, -0.1) is 11.3 Å². The SMILES string of the molecule is CCn1c2ccccc2c2cc(-c3cc4ccc(C)cc4s3)ccc21. The van der Waals surface area contributed by atoms with E-state index in [1.807, 2.05) is 11.3 Å². The minimum atomic E-state index is 0.992. The third-order valence-electron chi connectivity index (χ3n) is 5.05. The van der Waals surface area contributed by atoms with Crippen LogP contribution in [0.5, 0.6) is 0 Å². The van der Waals surface area contributed by atoms with Crippen LogP contribution in [-0.4, -0.2) is 4.57 Å². The lowest BCUT2D eigenvalue weighted by Gasteiger charge is -2.03. The first-order chi connectivity index (χ1) is 12.2. The second kappa shape index (κ2) is 5.47. The van der Waals surface area contributed by atoms with Gasteiger partial charge in [0.25, 0.3) is 0 Å². The van der Waals surface area contributed by atoms with Gasteiger partial charge in [-0.3, -0.25) is 0 Å². The van der Waals surface area contributed by atoms with E-state index in [0.717, 1.165) is 6.54 Å². The average Bonchev–Trinajstić information content (AvgIpc) is 3.19. The van der Waals surface area contributed by atoms with E-state index >= 15 is 0 Å². The monoisotopic (exact) mass is 341 g/mol. The summed E-state index contributed by atoms with van der Waals surface area (Å²) >= 11 is 1.88. The van der Waals surface area contributed by atoms with E-state index in [-0.39, 0.29) is 0 Å². The van der Waals surface area contributed by atoms with Crippen molar-refractivity contribution in [1.29, 1.82) is 0 Å². The molecule has 0 amide bonds. The van der Waals surface area contributed by atoms with Crippen molar-refractivity contribution in [3.05, 3.63) is 72.3 Å². The van der Waals surface area contributed by atoms with E-state index < -0.39 is 0 Å². The molecule has 0 aliphatic rings. The summed E-state index contributed by atoms with van der Waals surface area (Å²) in [7, 11) is 0. The number of aromatic nitrogens is 1. The van der Waals surface area contributed by atoms with Crippen molar-refractivity contribution in [3.63, 3.8) is 0 Å². The predicted molar refractivity (Wildman–Crippen MR) is 111 cm³/mol. The number of hydrogen-bond donors (Lipinski definition) is 0. The maximum absolute atomic E-state index is 2.41. The number of thiophene rings is 1. The summed E-state index contributed by atoms with van der Waals surface area (Å²) in [5, 5.41) is 4.03. The van der Waals surface area contributed by atoms with Crippen LogP contribution in [0.4, 0.5) is 0 Å². The van der Waals surface area contributed by atoms with E-state index in [9.17, 15) is 0 Å². The lowest BCUT2D eigenvalue weighted by Crippen LogP contribution is -1.92. The Morgan fingerprint density at radius 3 is 2.56 bits per heavy atom. The van der Waals surface area contributed by atoms with Crippen molar-refractivity contribution in [2.24, 2.45) is 0 Å². The fourth-order valence-electron chi connectivity index (χ4n) is 3.83. The standard InChI is InChI=1S/C23H19NS/c1-3-24-20-7-5-4-6-18(20)19-13-16(10-11-21(19)24)23-14-17-9-8-15(2)12-22(17)25-23/h4-14H,3H2,1-2H3. The minimum absolute atomic E-state index is 0.992. The van der Waals surface area contributed by atoms with Crippen molar-refractivity contribution < 1.29 is 0 Å². The summed E-state index contributed by atoms with van der Waals surface area (Å²) in [6.45, 7) is 5.37. The lowest BCUT2D eigenvalue weighted by molar-refractivity contribution is 0.827. The molecule has 0 bridgehead atoms. The maximum atomic E-state index is 2.41. The van der Waals surface area contributed by atoms with Gasteiger partial charge in [0.15, 0.2) is 0 Å². The molecule has 3 aromatic carbocycles. The number of hydrogen-bond acceptors (Lipinski definition) is 1. The van der Waals surface area contributed by atoms with Gasteiger partial charge in [-0.25, -0.2) is 0 Å². The molecule has 2 heterocycles. The van der Waals surface area contributed by atoms with Gasteiger partial charge >= 0.3 is 0 Å². The molecule has 5 rings (SSSR count). The van der Waals surface area contributed by atoms with Crippen LogP contribution in [0.3, 0.4) is 0 Å². The fraction of sp³-hybridized carbons (Fsp3) is 0.130. The van der Waals surface area contributed by atoms with Crippen molar-refractivity contribution in [1.82, 2.24) is 4.57 Å². The molecular formula is C23H19NS. The molecule has 0 aliphatic heterocycles. The quantitative estimate of drug-likeness (QED) is 0.325. The third-order valence-corrected chi connectivity index (χ3v) is 6.20. The number of para-hydroxylation sites is 1. The Balaban J connectivity index is 1.77. The highest BCUT2D eigenvalue weighted by molar-refractivity contribution is 7.22. The Bertz CT molecular complexity index is 1240. The van der Waals surface area contributed by atoms with Gasteiger partial charge in [-0.05, 0) is 60.7 Å². The van der Waals surface area contributed by atoms with Gasteiger partial charge < -0.3 is 4.57 Å². The Kier molecular flexibility index (Phi) is 3.22. The highest BCUT2D eigenvalue weighted by Crippen LogP contribution is 2.37. The fourth-order valence-corrected chi connectivity index (χ4v) is 4.99. The molecule has 1 nitrogen and oxygen atoms in total. The largest absolute Gasteiger partial charge is 0.341 e. The van der Waals surface area contributed by atoms with Crippen LogP contribution in [-0.2, 0) is 6.54 Å². The second-order valence-electron chi connectivity index (χ2n) is 6.65. The molecule has 0 unspecified atom stereocenters. The Morgan fingerprint density at radius 2 is 1.68 bits per heavy atom. The number of nitrogens with zero attached hydrogens (tertiary/aromatic N) is 1. The first-order valence-corrected chi connectivity index (χ1v) is 9.58. The van der Waals surface area contributed by atoms with Gasteiger partial charge in [0, 0.05) is 37.9 Å². The number of benzene rings is 3. The van der Waals surface area contributed by atoms with Crippen LogP contribution < -0.4 is 0 Å². The molecule has 0 N–H and O–H groups in total. The first kappa shape index (κ1) is 14.7. The zero-order valence-electron chi connectivity index (χ0n) is 14.4. The molecule has 5 aromatic rings. The van der Waals surface area contributed by atoms with Crippen LogP contribution in [0.1, 0.15) is 12.5 Å². The number of fused-ring (bicyclic) bond motifs is 4. The number of aryl methyl sites for hydroxylation is 2. The summed E-state index contributed by atoms with van der Waals surface area (Å²) in [6.07, 6.45) is 0. The maximum Gasteiger partial charge on any atom is 0.0491 e. The zero-order valence-corrected chi connectivity index (χ0v) is 15.2. The predicted octanol–water partition coefficient (Wildman–Crippen LogP) is 7.00. The van der Waals surface area contributed by atoms with E-state index in [2.05, 4.69) is 85.1 Å². The normalized spacial score (nSPS) is 11.8. The van der Waals surface area contributed by atoms with E-state index in [1.54, 1.807) is 0 Å². The third kappa shape index (κ3) is 2.21. The zero-order chi connectivity index (χ0) is 17.0. The number of rotatable bonds is 2. The van der Waals surface area contributed by atoms with Gasteiger partial charge in [-0.1, -0.05) is 36.4 Å². The molecular weight excluding hydrogens is 322 g/mol. The molecule has 0 aliphatic carbocycles. The van der Waals surface area contributed by atoms with Crippen LogP contribution in [0.2, 0.25) is 0 Å². The summed E-state index contributed by atoms with van der Waals surface area (Å²) in [6, 6.07) is 24.7. The van der Waals surface area contributed by atoms with Gasteiger partial charge in [-0.2, -0.15) is 0 Å². The Labute approximate surface area is 151 Å². The summed E-state index contributed by atoms with van der Waals surface area (Å²) in [4.78, 5) is 1.34. The molecule has 0 saturated heterocycles. The van der Waals surface area contributed by atoms with Crippen LogP contribution in [0.25, 0.3) is 42.3 Å². The molecule has 0 fully saturated rings.